The summed E-state index contributed by atoms with van der Waals surface area (Å²) in [7, 11) is 0. The van der Waals surface area contributed by atoms with Crippen molar-refractivity contribution in [2.75, 3.05) is 19.7 Å². The third-order valence-corrected chi connectivity index (χ3v) is 8.16. The molecule has 0 unspecified atom stereocenters. The van der Waals surface area contributed by atoms with E-state index in [-0.39, 0.29) is 6.10 Å². The summed E-state index contributed by atoms with van der Waals surface area (Å²) in [5.74, 6) is 0.816. The van der Waals surface area contributed by atoms with Crippen molar-refractivity contribution in [3.63, 3.8) is 0 Å². The van der Waals surface area contributed by atoms with Crippen LogP contribution in [0.5, 0.6) is 0 Å². The maximum atomic E-state index is 10.5. The van der Waals surface area contributed by atoms with Crippen molar-refractivity contribution < 1.29 is 9.84 Å². The van der Waals surface area contributed by atoms with Crippen LogP contribution >= 0.6 is 0 Å². The summed E-state index contributed by atoms with van der Waals surface area (Å²) >= 11 is 0. The van der Waals surface area contributed by atoms with Crippen molar-refractivity contribution in [3.05, 3.63) is 35.4 Å². The lowest BCUT2D eigenvalue weighted by Gasteiger charge is -2.39. The van der Waals surface area contributed by atoms with Gasteiger partial charge in [-0.3, -0.25) is 4.90 Å². The lowest BCUT2D eigenvalue weighted by atomic mass is 9.70. The largest absolute Gasteiger partial charge is 0.392 e. The summed E-state index contributed by atoms with van der Waals surface area (Å²) in [6.07, 6.45) is 5.80. The first-order valence-corrected chi connectivity index (χ1v) is 10.5. The Morgan fingerprint density at radius 1 is 1.23 bits per heavy atom. The fourth-order valence-corrected chi connectivity index (χ4v) is 5.83. The van der Waals surface area contributed by atoms with E-state index < -0.39 is 0 Å². The van der Waals surface area contributed by atoms with Crippen LogP contribution in [0.1, 0.15) is 57.6 Å². The summed E-state index contributed by atoms with van der Waals surface area (Å²) in [4.78, 5) is 2.38. The zero-order chi connectivity index (χ0) is 18.4. The minimum absolute atomic E-state index is 0.292. The number of benzene rings is 1. The van der Waals surface area contributed by atoms with Crippen LogP contribution in [0, 0.1) is 16.7 Å². The number of aliphatic hydroxyl groups excluding tert-OH is 1. The van der Waals surface area contributed by atoms with Crippen molar-refractivity contribution in [1.82, 2.24) is 4.90 Å². The Morgan fingerprint density at radius 3 is 2.69 bits per heavy atom. The van der Waals surface area contributed by atoms with E-state index in [0.717, 1.165) is 38.4 Å². The number of fused-ring (bicyclic) bond motifs is 3. The number of β-amino-alcohol motifs (C(OH)–C–C–N with tert-alkyl or cyclic N) is 1. The molecule has 4 atom stereocenters. The van der Waals surface area contributed by atoms with Gasteiger partial charge in [0.1, 0.15) is 0 Å². The monoisotopic (exact) mass is 357 g/mol. The number of hydrogen-bond donors (Lipinski definition) is 1. The van der Waals surface area contributed by atoms with Crippen LogP contribution in [-0.2, 0) is 17.7 Å². The second-order valence-corrected chi connectivity index (χ2v) is 9.67. The van der Waals surface area contributed by atoms with Crippen molar-refractivity contribution in [1.29, 1.82) is 0 Å². The van der Waals surface area contributed by atoms with Gasteiger partial charge < -0.3 is 9.84 Å². The van der Waals surface area contributed by atoms with Gasteiger partial charge in [-0.05, 0) is 60.0 Å². The topological polar surface area (TPSA) is 32.7 Å². The SMILES string of the molecule is CC1(C)[C@H]2CC[C@@]1(C)[C@H](OCC[C@@H](O)CN1CCc3ccccc3C1)C2. The highest BCUT2D eigenvalue weighted by molar-refractivity contribution is 5.29. The fourth-order valence-electron chi connectivity index (χ4n) is 5.83. The molecule has 3 aliphatic rings. The highest BCUT2D eigenvalue weighted by Gasteiger charge is 2.61. The van der Waals surface area contributed by atoms with Gasteiger partial charge in [0.25, 0.3) is 0 Å². The molecule has 2 saturated carbocycles. The summed E-state index contributed by atoms with van der Waals surface area (Å²) < 4.78 is 6.31. The predicted octanol–water partition coefficient (Wildman–Crippen LogP) is 4.03. The standard InChI is InChI=1S/C23H35NO2/c1-22(2)19-8-11-23(22,3)21(14-19)26-13-10-20(25)16-24-12-9-17-6-4-5-7-18(17)15-24/h4-7,19-21,25H,8-16H2,1-3H3/t19-,20+,21+,23-/m0/s1. The summed E-state index contributed by atoms with van der Waals surface area (Å²) in [5.41, 5.74) is 3.60. The van der Waals surface area contributed by atoms with Gasteiger partial charge in [0.05, 0.1) is 12.2 Å². The van der Waals surface area contributed by atoms with Crippen LogP contribution in [-0.4, -0.2) is 41.9 Å². The van der Waals surface area contributed by atoms with Crippen LogP contribution in [0.15, 0.2) is 24.3 Å². The summed E-state index contributed by atoms with van der Waals surface area (Å²) in [6.45, 7) is 10.7. The molecular formula is C23H35NO2. The average molecular weight is 358 g/mol. The molecule has 1 aromatic carbocycles. The molecule has 2 fully saturated rings. The lowest BCUT2D eigenvalue weighted by Crippen LogP contribution is -2.39. The molecule has 0 amide bonds. The molecule has 1 heterocycles. The zero-order valence-corrected chi connectivity index (χ0v) is 16.7. The van der Waals surface area contributed by atoms with E-state index >= 15 is 0 Å². The highest BCUT2D eigenvalue weighted by Crippen LogP contribution is 2.66. The second kappa shape index (κ2) is 6.92. The molecule has 2 bridgehead atoms. The Kier molecular flexibility index (Phi) is 4.92. The van der Waals surface area contributed by atoms with E-state index in [2.05, 4.69) is 49.9 Å². The quantitative estimate of drug-likeness (QED) is 0.834. The van der Waals surface area contributed by atoms with Crippen molar-refractivity contribution in [2.24, 2.45) is 16.7 Å². The van der Waals surface area contributed by atoms with Crippen molar-refractivity contribution >= 4 is 0 Å². The average Bonchev–Trinajstić information content (AvgIpc) is 2.95. The molecular weight excluding hydrogens is 322 g/mol. The van der Waals surface area contributed by atoms with Gasteiger partial charge in [-0.1, -0.05) is 45.0 Å². The van der Waals surface area contributed by atoms with Gasteiger partial charge in [-0.15, -0.1) is 0 Å². The maximum Gasteiger partial charge on any atom is 0.0689 e. The highest BCUT2D eigenvalue weighted by atomic mass is 16.5. The summed E-state index contributed by atoms with van der Waals surface area (Å²) in [5, 5.41) is 10.5. The third kappa shape index (κ3) is 3.12. The first-order chi connectivity index (χ1) is 12.4. The van der Waals surface area contributed by atoms with E-state index in [1.807, 2.05) is 0 Å². The second-order valence-electron chi connectivity index (χ2n) is 9.67. The molecule has 4 rings (SSSR count). The Labute approximate surface area is 158 Å². The van der Waals surface area contributed by atoms with Gasteiger partial charge in [-0.25, -0.2) is 0 Å². The normalized spacial score (nSPS) is 34.0. The molecule has 0 radical (unpaired) electrons. The van der Waals surface area contributed by atoms with Crippen LogP contribution in [0.3, 0.4) is 0 Å². The maximum absolute atomic E-state index is 10.5. The third-order valence-electron chi connectivity index (χ3n) is 8.16. The van der Waals surface area contributed by atoms with Gasteiger partial charge in [0.2, 0.25) is 0 Å². The molecule has 26 heavy (non-hydrogen) atoms. The van der Waals surface area contributed by atoms with Crippen LogP contribution in [0.4, 0.5) is 0 Å². The van der Waals surface area contributed by atoms with Gasteiger partial charge in [-0.2, -0.15) is 0 Å². The molecule has 0 spiro atoms. The molecule has 0 aromatic heterocycles. The Bertz CT molecular complexity index is 643. The van der Waals surface area contributed by atoms with Crippen LogP contribution in [0.2, 0.25) is 0 Å². The molecule has 144 valence electrons. The first kappa shape index (κ1) is 18.5. The van der Waals surface area contributed by atoms with Gasteiger partial charge in [0.15, 0.2) is 0 Å². The van der Waals surface area contributed by atoms with Crippen molar-refractivity contribution in [3.8, 4) is 0 Å². The number of aliphatic hydroxyl groups is 1. The number of nitrogens with zero attached hydrogens (tertiary/aromatic N) is 1. The van der Waals surface area contributed by atoms with Crippen LogP contribution in [0.25, 0.3) is 0 Å². The minimum atomic E-state index is -0.292. The fraction of sp³-hybridized carbons (Fsp3) is 0.739. The van der Waals surface area contributed by atoms with E-state index in [0.29, 0.717) is 23.5 Å². The van der Waals surface area contributed by atoms with Crippen molar-refractivity contribution in [2.45, 2.75) is 71.6 Å². The number of hydrogen-bond acceptors (Lipinski definition) is 3. The van der Waals surface area contributed by atoms with E-state index in [4.69, 9.17) is 4.74 Å². The van der Waals surface area contributed by atoms with E-state index in [1.54, 1.807) is 0 Å². The van der Waals surface area contributed by atoms with E-state index in [1.165, 1.54) is 30.4 Å². The molecule has 1 aliphatic heterocycles. The molecule has 3 nitrogen and oxygen atoms in total. The number of ether oxygens (including phenoxy) is 1. The number of rotatable bonds is 6. The lowest BCUT2D eigenvalue weighted by molar-refractivity contribution is -0.0566. The minimum Gasteiger partial charge on any atom is -0.392 e. The molecule has 3 heteroatoms. The summed E-state index contributed by atoms with van der Waals surface area (Å²) in [6, 6.07) is 8.69. The van der Waals surface area contributed by atoms with Gasteiger partial charge in [0, 0.05) is 26.2 Å². The van der Waals surface area contributed by atoms with Crippen LogP contribution < -0.4 is 0 Å². The molecule has 2 aliphatic carbocycles. The molecule has 1 aromatic rings. The Morgan fingerprint density at radius 2 is 2.00 bits per heavy atom. The smallest absolute Gasteiger partial charge is 0.0689 e. The zero-order valence-electron chi connectivity index (χ0n) is 16.7. The van der Waals surface area contributed by atoms with E-state index in [9.17, 15) is 5.11 Å². The van der Waals surface area contributed by atoms with Gasteiger partial charge >= 0.3 is 0 Å². The first-order valence-electron chi connectivity index (χ1n) is 10.5. The predicted molar refractivity (Wildman–Crippen MR) is 105 cm³/mol. The Hall–Kier alpha value is -0.900. The molecule has 0 saturated heterocycles. The molecule has 1 N–H and O–H groups in total. The Balaban J connectivity index is 1.23.